The molecule has 8 heteroatoms. The highest BCUT2D eigenvalue weighted by molar-refractivity contribution is 8.13. The standard InChI is InChI=1S/C8H7Cl2FO4S/c1-15-8-5(9)2-4(3-16(10,13)14)7(12)6(8)11/h2,12H,3H2,1H3. The van der Waals surface area contributed by atoms with Gasteiger partial charge in [0.15, 0.2) is 11.5 Å². The highest BCUT2D eigenvalue weighted by atomic mass is 35.7. The zero-order valence-corrected chi connectivity index (χ0v) is 10.3. The van der Waals surface area contributed by atoms with E-state index in [4.69, 9.17) is 22.3 Å². The fourth-order valence-corrected chi connectivity index (χ4v) is 2.36. The van der Waals surface area contributed by atoms with Gasteiger partial charge in [-0.25, -0.2) is 8.42 Å². The Balaban J connectivity index is 3.34. The van der Waals surface area contributed by atoms with Crippen LogP contribution >= 0.6 is 22.3 Å². The molecule has 1 N–H and O–H groups in total. The number of benzene rings is 1. The summed E-state index contributed by atoms with van der Waals surface area (Å²) in [6.07, 6.45) is 0. The van der Waals surface area contributed by atoms with Crippen molar-refractivity contribution in [2.45, 2.75) is 5.75 Å². The van der Waals surface area contributed by atoms with Crippen molar-refractivity contribution in [3.05, 3.63) is 22.5 Å². The molecule has 0 aromatic heterocycles. The van der Waals surface area contributed by atoms with Crippen molar-refractivity contribution in [1.82, 2.24) is 0 Å². The molecule has 0 aliphatic carbocycles. The van der Waals surface area contributed by atoms with Crippen LogP contribution in [0, 0.1) is 5.82 Å². The van der Waals surface area contributed by atoms with E-state index in [1.54, 1.807) is 0 Å². The molecule has 0 radical (unpaired) electrons. The van der Waals surface area contributed by atoms with Crippen molar-refractivity contribution in [3.63, 3.8) is 0 Å². The van der Waals surface area contributed by atoms with Crippen LogP contribution in [0.15, 0.2) is 6.07 Å². The van der Waals surface area contributed by atoms with Gasteiger partial charge in [-0.2, -0.15) is 4.39 Å². The van der Waals surface area contributed by atoms with Gasteiger partial charge in [-0.1, -0.05) is 11.6 Å². The summed E-state index contributed by atoms with van der Waals surface area (Å²) in [6, 6.07) is 1.08. The summed E-state index contributed by atoms with van der Waals surface area (Å²) < 4.78 is 39.6. The maximum absolute atomic E-state index is 13.4. The molecule has 90 valence electrons. The largest absolute Gasteiger partial charge is 0.505 e. The van der Waals surface area contributed by atoms with Gasteiger partial charge in [0.2, 0.25) is 14.9 Å². The lowest BCUT2D eigenvalue weighted by Gasteiger charge is -2.09. The van der Waals surface area contributed by atoms with Crippen molar-refractivity contribution in [2.75, 3.05) is 7.11 Å². The van der Waals surface area contributed by atoms with Crippen LogP contribution in [-0.2, 0) is 14.8 Å². The smallest absolute Gasteiger partial charge is 0.236 e. The predicted octanol–water partition coefficient (Wildman–Crippen LogP) is 2.26. The molecule has 0 bridgehead atoms. The first-order valence-electron chi connectivity index (χ1n) is 3.92. The van der Waals surface area contributed by atoms with Crippen LogP contribution in [0.2, 0.25) is 5.02 Å². The second-order valence-corrected chi connectivity index (χ2v) is 6.08. The molecule has 4 nitrogen and oxygen atoms in total. The fraction of sp³-hybridized carbons (Fsp3) is 0.250. The molecule has 0 unspecified atom stereocenters. The van der Waals surface area contributed by atoms with Gasteiger partial charge in [0.25, 0.3) is 0 Å². The van der Waals surface area contributed by atoms with E-state index in [0.29, 0.717) is 0 Å². The summed E-state index contributed by atoms with van der Waals surface area (Å²) in [5.41, 5.74) is -0.224. The minimum absolute atomic E-state index is 0.145. The van der Waals surface area contributed by atoms with E-state index >= 15 is 0 Å². The van der Waals surface area contributed by atoms with Crippen molar-refractivity contribution in [2.24, 2.45) is 0 Å². The maximum Gasteiger partial charge on any atom is 0.236 e. The molecule has 0 aliphatic heterocycles. The monoisotopic (exact) mass is 288 g/mol. The Hall–Kier alpha value is -0.720. The van der Waals surface area contributed by atoms with Gasteiger partial charge in [-0.3, -0.25) is 0 Å². The highest BCUT2D eigenvalue weighted by Crippen LogP contribution is 2.37. The van der Waals surface area contributed by atoms with Gasteiger partial charge in [-0.05, 0) is 6.07 Å². The molecule has 0 spiro atoms. The lowest BCUT2D eigenvalue weighted by molar-refractivity contribution is 0.363. The molecule has 1 aromatic rings. The number of ether oxygens (including phenoxy) is 1. The van der Waals surface area contributed by atoms with Gasteiger partial charge in [-0.15, -0.1) is 0 Å². The second kappa shape index (κ2) is 4.65. The quantitative estimate of drug-likeness (QED) is 0.867. The number of methoxy groups -OCH3 is 1. The minimum Gasteiger partial charge on any atom is -0.505 e. The van der Waals surface area contributed by atoms with Crippen LogP contribution in [0.25, 0.3) is 0 Å². The molecule has 0 atom stereocenters. The number of hydrogen-bond donors (Lipinski definition) is 1. The Morgan fingerprint density at radius 1 is 1.56 bits per heavy atom. The average Bonchev–Trinajstić information content (AvgIpc) is 2.12. The van der Waals surface area contributed by atoms with Crippen molar-refractivity contribution < 1.29 is 22.7 Å². The van der Waals surface area contributed by atoms with E-state index in [0.717, 1.165) is 6.07 Å². The summed E-state index contributed by atoms with van der Waals surface area (Å²) >= 11 is 5.62. The first-order chi connectivity index (χ1) is 7.26. The Morgan fingerprint density at radius 3 is 2.56 bits per heavy atom. The van der Waals surface area contributed by atoms with Crippen LogP contribution in [0.1, 0.15) is 5.56 Å². The zero-order chi connectivity index (χ0) is 12.5. The summed E-state index contributed by atoms with van der Waals surface area (Å²) in [5, 5.41) is 9.22. The van der Waals surface area contributed by atoms with E-state index in [2.05, 4.69) is 4.74 Å². The van der Waals surface area contributed by atoms with Crippen LogP contribution in [0.3, 0.4) is 0 Å². The van der Waals surface area contributed by atoms with Crippen LogP contribution in [0.5, 0.6) is 11.5 Å². The number of halogens is 3. The topological polar surface area (TPSA) is 63.6 Å². The predicted molar refractivity (Wildman–Crippen MR) is 58.1 cm³/mol. The van der Waals surface area contributed by atoms with E-state index in [-0.39, 0.29) is 16.3 Å². The SMILES string of the molecule is COc1c(Cl)cc(CS(=O)(=O)Cl)c(O)c1F. The molecule has 0 heterocycles. The van der Waals surface area contributed by atoms with Gasteiger partial charge in [0, 0.05) is 16.2 Å². The van der Waals surface area contributed by atoms with Crippen molar-refractivity contribution in [3.8, 4) is 11.5 Å². The summed E-state index contributed by atoms with van der Waals surface area (Å²) in [7, 11) is 2.24. The van der Waals surface area contributed by atoms with Crippen molar-refractivity contribution in [1.29, 1.82) is 0 Å². The highest BCUT2D eigenvalue weighted by Gasteiger charge is 2.20. The molecular weight excluding hydrogens is 282 g/mol. The first kappa shape index (κ1) is 13.3. The molecule has 0 saturated carbocycles. The Morgan fingerprint density at radius 2 is 2.12 bits per heavy atom. The van der Waals surface area contributed by atoms with Crippen LogP contribution < -0.4 is 4.74 Å². The van der Waals surface area contributed by atoms with E-state index < -0.39 is 26.4 Å². The minimum atomic E-state index is -3.91. The normalized spacial score (nSPS) is 11.5. The number of rotatable bonds is 3. The third-order valence-electron chi connectivity index (χ3n) is 1.76. The maximum atomic E-state index is 13.4. The molecule has 0 saturated heterocycles. The summed E-state index contributed by atoms with van der Waals surface area (Å²) in [4.78, 5) is 0. The Bertz CT molecular complexity index is 515. The summed E-state index contributed by atoms with van der Waals surface area (Å²) in [5.74, 6) is -3.04. The summed E-state index contributed by atoms with van der Waals surface area (Å²) in [6.45, 7) is 0. The molecule has 16 heavy (non-hydrogen) atoms. The Labute approximate surface area is 101 Å². The first-order valence-corrected chi connectivity index (χ1v) is 6.78. The molecule has 1 rings (SSSR count). The average molecular weight is 289 g/mol. The van der Waals surface area contributed by atoms with Crippen LogP contribution in [-0.4, -0.2) is 20.6 Å². The molecule has 0 fully saturated rings. The molecular formula is C8H7Cl2FO4S. The molecule has 1 aromatic carbocycles. The van der Waals surface area contributed by atoms with Crippen LogP contribution in [0.4, 0.5) is 4.39 Å². The third-order valence-corrected chi connectivity index (χ3v) is 3.03. The lowest BCUT2D eigenvalue weighted by Crippen LogP contribution is -1.99. The van der Waals surface area contributed by atoms with Crippen molar-refractivity contribution >= 4 is 31.3 Å². The number of phenolic OH excluding ortho intramolecular Hbond substituents is 1. The van der Waals surface area contributed by atoms with Gasteiger partial charge >= 0.3 is 0 Å². The Kier molecular flexibility index (Phi) is 3.88. The second-order valence-electron chi connectivity index (χ2n) is 2.90. The fourth-order valence-electron chi connectivity index (χ4n) is 1.12. The van der Waals surface area contributed by atoms with Gasteiger partial charge in [0.05, 0.1) is 17.9 Å². The third kappa shape index (κ3) is 2.90. The molecule has 0 amide bonds. The zero-order valence-electron chi connectivity index (χ0n) is 8.00. The lowest BCUT2D eigenvalue weighted by atomic mass is 10.2. The number of phenols is 1. The van der Waals surface area contributed by atoms with E-state index in [1.807, 2.05) is 0 Å². The van der Waals surface area contributed by atoms with E-state index in [9.17, 15) is 17.9 Å². The van der Waals surface area contributed by atoms with Gasteiger partial charge < -0.3 is 9.84 Å². The van der Waals surface area contributed by atoms with Gasteiger partial charge in [0.1, 0.15) is 0 Å². The molecule has 0 aliphatic rings. The van der Waals surface area contributed by atoms with E-state index in [1.165, 1.54) is 7.11 Å². The number of aromatic hydroxyl groups is 1. The number of hydrogen-bond acceptors (Lipinski definition) is 4.